The number of amides is 1. The Morgan fingerprint density at radius 1 is 1.43 bits per heavy atom. The standard InChI is InChI=1S/C18H27NO2/c1-13(2)16-8-7-14(3)10-17(16)21-12-18(20)19-9-5-6-15(4)11-19/h7-8,10,13,15H,5-6,9,11-12H2,1-4H3/t15-/m0/s1. The normalized spacial score (nSPS) is 18.9. The Balaban J connectivity index is 1.99. The Kier molecular flexibility index (Phi) is 5.27. The highest BCUT2D eigenvalue weighted by Gasteiger charge is 2.21. The molecule has 21 heavy (non-hydrogen) atoms. The second-order valence-electron chi connectivity index (χ2n) is 6.57. The van der Waals surface area contributed by atoms with Gasteiger partial charge in [0.15, 0.2) is 6.61 Å². The summed E-state index contributed by atoms with van der Waals surface area (Å²) in [7, 11) is 0. The zero-order valence-corrected chi connectivity index (χ0v) is 13.7. The zero-order valence-electron chi connectivity index (χ0n) is 13.7. The van der Waals surface area contributed by atoms with Crippen molar-refractivity contribution in [2.24, 2.45) is 5.92 Å². The second kappa shape index (κ2) is 6.97. The van der Waals surface area contributed by atoms with Crippen LogP contribution in [0.1, 0.15) is 50.7 Å². The fourth-order valence-corrected chi connectivity index (χ4v) is 2.89. The number of likely N-dealkylation sites (tertiary alicyclic amines) is 1. The van der Waals surface area contributed by atoms with E-state index in [1.807, 2.05) is 17.9 Å². The maximum absolute atomic E-state index is 12.3. The summed E-state index contributed by atoms with van der Waals surface area (Å²) < 4.78 is 5.84. The minimum atomic E-state index is 0.109. The molecular weight excluding hydrogens is 262 g/mol. The van der Waals surface area contributed by atoms with E-state index in [4.69, 9.17) is 4.74 Å². The van der Waals surface area contributed by atoms with Gasteiger partial charge in [-0.25, -0.2) is 0 Å². The molecule has 2 rings (SSSR count). The Morgan fingerprint density at radius 2 is 2.19 bits per heavy atom. The van der Waals surface area contributed by atoms with Gasteiger partial charge in [0.25, 0.3) is 5.91 Å². The van der Waals surface area contributed by atoms with Crippen molar-refractivity contribution in [3.05, 3.63) is 29.3 Å². The van der Waals surface area contributed by atoms with Crippen LogP contribution in [0.2, 0.25) is 0 Å². The molecule has 1 saturated heterocycles. The summed E-state index contributed by atoms with van der Waals surface area (Å²) in [6.45, 7) is 10.4. The van der Waals surface area contributed by atoms with Crippen LogP contribution in [-0.4, -0.2) is 30.5 Å². The van der Waals surface area contributed by atoms with Crippen LogP contribution in [0.4, 0.5) is 0 Å². The lowest BCUT2D eigenvalue weighted by Crippen LogP contribution is -2.41. The quantitative estimate of drug-likeness (QED) is 0.844. The Hall–Kier alpha value is -1.51. The van der Waals surface area contributed by atoms with Crippen LogP contribution >= 0.6 is 0 Å². The molecule has 1 aromatic carbocycles. The third kappa shape index (κ3) is 4.23. The lowest BCUT2D eigenvalue weighted by atomic mass is 10.0. The van der Waals surface area contributed by atoms with E-state index < -0.39 is 0 Å². The molecule has 0 unspecified atom stereocenters. The molecule has 3 nitrogen and oxygen atoms in total. The Morgan fingerprint density at radius 3 is 2.86 bits per heavy atom. The topological polar surface area (TPSA) is 29.5 Å². The molecule has 0 aliphatic carbocycles. The molecule has 0 spiro atoms. The van der Waals surface area contributed by atoms with E-state index in [0.29, 0.717) is 11.8 Å². The lowest BCUT2D eigenvalue weighted by molar-refractivity contribution is -0.135. The number of ether oxygens (including phenoxy) is 1. The summed E-state index contributed by atoms with van der Waals surface area (Å²) in [6.07, 6.45) is 2.33. The summed E-state index contributed by atoms with van der Waals surface area (Å²) >= 11 is 0. The van der Waals surface area contributed by atoms with Crippen LogP contribution in [0.5, 0.6) is 5.75 Å². The van der Waals surface area contributed by atoms with Gasteiger partial charge in [-0.05, 0) is 48.8 Å². The number of piperidine rings is 1. The first kappa shape index (κ1) is 15.9. The minimum Gasteiger partial charge on any atom is -0.483 e. The van der Waals surface area contributed by atoms with Gasteiger partial charge in [-0.15, -0.1) is 0 Å². The van der Waals surface area contributed by atoms with Gasteiger partial charge in [0, 0.05) is 13.1 Å². The SMILES string of the molecule is Cc1ccc(C(C)C)c(OCC(=O)N2CCC[C@H](C)C2)c1. The van der Waals surface area contributed by atoms with Crippen molar-refractivity contribution < 1.29 is 9.53 Å². The second-order valence-corrected chi connectivity index (χ2v) is 6.57. The largest absolute Gasteiger partial charge is 0.483 e. The number of hydrogen-bond acceptors (Lipinski definition) is 2. The lowest BCUT2D eigenvalue weighted by Gasteiger charge is -2.31. The highest BCUT2D eigenvalue weighted by molar-refractivity contribution is 5.78. The van der Waals surface area contributed by atoms with Crippen LogP contribution in [0.3, 0.4) is 0 Å². The Bertz CT molecular complexity index is 496. The number of carbonyl (C=O) groups excluding carboxylic acids is 1. The molecule has 1 heterocycles. The van der Waals surface area contributed by atoms with Crippen LogP contribution < -0.4 is 4.74 Å². The van der Waals surface area contributed by atoms with E-state index in [-0.39, 0.29) is 12.5 Å². The smallest absolute Gasteiger partial charge is 0.260 e. The van der Waals surface area contributed by atoms with Gasteiger partial charge in [0.05, 0.1) is 0 Å². The van der Waals surface area contributed by atoms with E-state index in [1.54, 1.807) is 0 Å². The van der Waals surface area contributed by atoms with Crippen molar-refractivity contribution in [2.75, 3.05) is 19.7 Å². The third-order valence-electron chi connectivity index (χ3n) is 4.15. The minimum absolute atomic E-state index is 0.109. The van der Waals surface area contributed by atoms with Crippen LogP contribution in [0.25, 0.3) is 0 Å². The molecule has 3 heteroatoms. The van der Waals surface area contributed by atoms with Crippen LogP contribution in [0, 0.1) is 12.8 Å². The van der Waals surface area contributed by atoms with Gasteiger partial charge in [0.2, 0.25) is 0 Å². The van der Waals surface area contributed by atoms with Crippen LogP contribution in [0.15, 0.2) is 18.2 Å². The van der Waals surface area contributed by atoms with E-state index >= 15 is 0 Å². The number of hydrogen-bond donors (Lipinski definition) is 0. The molecule has 1 fully saturated rings. The summed E-state index contributed by atoms with van der Waals surface area (Å²) in [5, 5.41) is 0. The van der Waals surface area contributed by atoms with Crippen molar-refractivity contribution in [2.45, 2.75) is 46.5 Å². The molecular formula is C18H27NO2. The summed E-state index contributed by atoms with van der Waals surface area (Å²) in [5.41, 5.74) is 2.33. The molecule has 0 saturated carbocycles. The molecule has 116 valence electrons. The van der Waals surface area contributed by atoms with E-state index in [9.17, 15) is 4.79 Å². The van der Waals surface area contributed by atoms with Gasteiger partial charge < -0.3 is 9.64 Å². The molecule has 1 aromatic rings. The fourth-order valence-electron chi connectivity index (χ4n) is 2.89. The van der Waals surface area contributed by atoms with E-state index in [2.05, 4.69) is 32.9 Å². The predicted molar refractivity (Wildman–Crippen MR) is 85.7 cm³/mol. The summed E-state index contributed by atoms with van der Waals surface area (Å²) in [4.78, 5) is 14.2. The van der Waals surface area contributed by atoms with Gasteiger partial charge in [-0.3, -0.25) is 4.79 Å². The number of aryl methyl sites for hydroxylation is 1. The highest BCUT2D eigenvalue weighted by atomic mass is 16.5. The number of rotatable bonds is 4. The van der Waals surface area contributed by atoms with Crippen molar-refractivity contribution >= 4 is 5.91 Å². The van der Waals surface area contributed by atoms with Gasteiger partial charge in [0.1, 0.15) is 5.75 Å². The summed E-state index contributed by atoms with van der Waals surface area (Å²) in [5.74, 6) is 1.96. The first-order valence-electron chi connectivity index (χ1n) is 7.98. The first-order valence-corrected chi connectivity index (χ1v) is 7.98. The van der Waals surface area contributed by atoms with Gasteiger partial charge in [-0.2, -0.15) is 0 Å². The molecule has 1 atom stereocenters. The average Bonchev–Trinajstić information content (AvgIpc) is 2.44. The van der Waals surface area contributed by atoms with Gasteiger partial charge in [-0.1, -0.05) is 32.9 Å². The molecule has 0 aromatic heterocycles. The number of benzene rings is 1. The van der Waals surface area contributed by atoms with Gasteiger partial charge >= 0.3 is 0 Å². The maximum atomic E-state index is 12.3. The first-order chi connectivity index (χ1) is 9.97. The molecule has 1 aliphatic rings. The highest BCUT2D eigenvalue weighted by Crippen LogP contribution is 2.27. The molecule has 0 N–H and O–H groups in total. The van der Waals surface area contributed by atoms with Crippen molar-refractivity contribution in [1.82, 2.24) is 4.90 Å². The molecule has 1 amide bonds. The predicted octanol–water partition coefficient (Wildman–Crippen LogP) is 3.76. The summed E-state index contributed by atoms with van der Waals surface area (Å²) in [6, 6.07) is 6.22. The molecule has 0 bridgehead atoms. The fraction of sp³-hybridized carbons (Fsp3) is 0.611. The van der Waals surface area contributed by atoms with Crippen molar-refractivity contribution in [3.8, 4) is 5.75 Å². The zero-order chi connectivity index (χ0) is 15.4. The van der Waals surface area contributed by atoms with E-state index in [0.717, 1.165) is 30.8 Å². The third-order valence-corrected chi connectivity index (χ3v) is 4.15. The van der Waals surface area contributed by atoms with Crippen molar-refractivity contribution in [1.29, 1.82) is 0 Å². The monoisotopic (exact) mass is 289 g/mol. The maximum Gasteiger partial charge on any atom is 0.260 e. The van der Waals surface area contributed by atoms with E-state index in [1.165, 1.54) is 12.0 Å². The molecule has 0 radical (unpaired) electrons. The Labute approximate surface area is 128 Å². The number of nitrogens with zero attached hydrogens (tertiary/aromatic N) is 1. The van der Waals surface area contributed by atoms with Crippen LogP contribution in [-0.2, 0) is 4.79 Å². The number of carbonyl (C=O) groups is 1. The molecule has 1 aliphatic heterocycles. The van der Waals surface area contributed by atoms with Crippen molar-refractivity contribution in [3.63, 3.8) is 0 Å². The average molecular weight is 289 g/mol.